The molecule has 0 aliphatic rings. The van der Waals surface area contributed by atoms with Crippen LogP contribution in [0.1, 0.15) is 45.2 Å². The number of aliphatic hydroxyl groups is 1. The van der Waals surface area contributed by atoms with E-state index >= 15 is 0 Å². The van der Waals surface area contributed by atoms with Crippen molar-refractivity contribution < 1.29 is 15.0 Å². The van der Waals surface area contributed by atoms with Gasteiger partial charge < -0.3 is 10.2 Å². The maximum absolute atomic E-state index is 11.2. The van der Waals surface area contributed by atoms with E-state index in [1.54, 1.807) is 25.1 Å². The van der Waals surface area contributed by atoms with Gasteiger partial charge in [0.25, 0.3) is 0 Å². The third-order valence-electron chi connectivity index (χ3n) is 3.07. The van der Waals surface area contributed by atoms with Gasteiger partial charge in [0, 0.05) is 0 Å². The van der Waals surface area contributed by atoms with Crippen molar-refractivity contribution in [3.05, 3.63) is 35.4 Å². The van der Waals surface area contributed by atoms with Crippen LogP contribution in [-0.2, 0) is 15.8 Å². The summed E-state index contributed by atoms with van der Waals surface area (Å²) in [5.74, 6) is -1.20. The summed E-state index contributed by atoms with van der Waals surface area (Å²) in [4.78, 5) is 11.2. The molecule has 1 atom stereocenters. The topological polar surface area (TPSA) is 57.5 Å². The predicted molar refractivity (Wildman–Crippen MR) is 67.0 cm³/mol. The molecule has 0 amide bonds. The molecule has 1 unspecified atom stereocenters. The van der Waals surface area contributed by atoms with E-state index in [0.29, 0.717) is 5.56 Å². The zero-order valence-corrected chi connectivity index (χ0v) is 10.8. The van der Waals surface area contributed by atoms with Gasteiger partial charge in [0.05, 0.1) is 0 Å². The second-order valence-corrected chi connectivity index (χ2v) is 5.35. The van der Waals surface area contributed by atoms with Crippen molar-refractivity contribution in [1.82, 2.24) is 0 Å². The first-order valence-electron chi connectivity index (χ1n) is 5.78. The molecule has 0 radical (unpaired) electrons. The fourth-order valence-corrected chi connectivity index (χ4v) is 1.72. The smallest absolute Gasteiger partial charge is 0.340 e. The molecule has 94 valence electrons. The summed E-state index contributed by atoms with van der Waals surface area (Å²) >= 11 is 0. The summed E-state index contributed by atoms with van der Waals surface area (Å²) < 4.78 is 0. The van der Waals surface area contributed by atoms with Gasteiger partial charge in [0.1, 0.15) is 0 Å². The van der Waals surface area contributed by atoms with Gasteiger partial charge >= 0.3 is 5.97 Å². The summed E-state index contributed by atoms with van der Waals surface area (Å²) in [6.45, 7) is 7.82. The van der Waals surface area contributed by atoms with Crippen LogP contribution in [0.15, 0.2) is 24.3 Å². The Morgan fingerprint density at radius 3 is 2.18 bits per heavy atom. The first-order valence-corrected chi connectivity index (χ1v) is 5.78. The summed E-state index contributed by atoms with van der Waals surface area (Å²) in [5.41, 5.74) is -0.396. The molecule has 1 aromatic rings. The lowest BCUT2D eigenvalue weighted by molar-refractivity contribution is -0.160. The molecule has 0 bridgehead atoms. The maximum atomic E-state index is 11.2. The van der Waals surface area contributed by atoms with Gasteiger partial charge in [-0.25, -0.2) is 4.79 Å². The molecule has 0 aliphatic carbocycles. The second-order valence-electron chi connectivity index (χ2n) is 5.35. The Balaban J connectivity index is 3.28. The van der Waals surface area contributed by atoms with Gasteiger partial charge in [-0.2, -0.15) is 0 Å². The van der Waals surface area contributed by atoms with E-state index in [1.807, 2.05) is 6.07 Å². The molecular formula is C14H20O3. The van der Waals surface area contributed by atoms with Crippen LogP contribution in [0.5, 0.6) is 0 Å². The van der Waals surface area contributed by atoms with Crippen molar-refractivity contribution >= 4 is 5.97 Å². The highest BCUT2D eigenvalue weighted by molar-refractivity contribution is 5.79. The van der Waals surface area contributed by atoms with E-state index < -0.39 is 11.6 Å². The third kappa shape index (κ3) is 2.67. The number of rotatable bonds is 3. The van der Waals surface area contributed by atoms with E-state index in [4.69, 9.17) is 5.11 Å². The van der Waals surface area contributed by atoms with Crippen LogP contribution in [0.25, 0.3) is 0 Å². The van der Waals surface area contributed by atoms with E-state index in [2.05, 4.69) is 20.8 Å². The minimum Gasteiger partial charge on any atom is -0.479 e. The second kappa shape index (κ2) is 4.49. The van der Waals surface area contributed by atoms with Crippen LogP contribution in [0.3, 0.4) is 0 Å². The maximum Gasteiger partial charge on any atom is 0.340 e. The fourth-order valence-electron chi connectivity index (χ4n) is 1.72. The highest BCUT2D eigenvalue weighted by Gasteiger charge is 2.36. The van der Waals surface area contributed by atoms with Crippen LogP contribution in [0.4, 0.5) is 0 Å². The zero-order valence-electron chi connectivity index (χ0n) is 10.8. The average molecular weight is 236 g/mol. The highest BCUT2D eigenvalue weighted by Crippen LogP contribution is 2.30. The molecule has 0 heterocycles. The molecule has 1 aromatic carbocycles. The molecule has 17 heavy (non-hydrogen) atoms. The molecule has 0 spiro atoms. The van der Waals surface area contributed by atoms with Gasteiger partial charge in [0.2, 0.25) is 0 Å². The molecular weight excluding hydrogens is 216 g/mol. The van der Waals surface area contributed by atoms with Crippen LogP contribution in [0.2, 0.25) is 0 Å². The Bertz CT molecular complexity index is 418. The molecule has 0 saturated heterocycles. The lowest BCUT2D eigenvalue weighted by atomic mass is 9.82. The Kier molecular flexibility index (Phi) is 3.62. The van der Waals surface area contributed by atoms with Crippen molar-refractivity contribution in [2.24, 2.45) is 0 Å². The summed E-state index contributed by atoms with van der Waals surface area (Å²) in [5, 5.41) is 19.3. The van der Waals surface area contributed by atoms with E-state index in [1.165, 1.54) is 0 Å². The standard InChI is InChI=1S/C14H20O3/c1-5-14(17,12(15)16)11-8-6-7-10(9-11)13(2,3)4/h6-9,17H,5H2,1-4H3,(H,15,16). The first-order chi connectivity index (χ1) is 7.71. The van der Waals surface area contributed by atoms with Crippen LogP contribution in [-0.4, -0.2) is 16.2 Å². The van der Waals surface area contributed by atoms with Crippen LogP contribution < -0.4 is 0 Å². The molecule has 2 N–H and O–H groups in total. The summed E-state index contributed by atoms with van der Waals surface area (Å²) in [7, 11) is 0. The number of carboxylic acids is 1. The van der Waals surface area contributed by atoms with E-state index in [0.717, 1.165) is 5.56 Å². The Morgan fingerprint density at radius 1 is 1.24 bits per heavy atom. The molecule has 0 aromatic heterocycles. The van der Waals surface area contributed by atoms with Crippen molar-refractivity contribution in [3.63, 3.8) is 0 Å². The summed E-state index contributed by atoms with van der Waals surface area (Å²) in [6, 6.07) is 7.17. The SMILES string of the molecule is CCC(O)(C(=O)O)c1cccc(C(C)(C)C)c1. The van der Waals surface area contributed by atoms with Gasteiger partial charge in [-0.1, -0.05) is 52.0 Å². The number of carboxylic acid groups (broad SMARTS) is 1. The number of aliphatic carboxylic acids is 1. The van der Waals surface area contributed by atoms with E-state index in [-0.39, 0.29) is 11.8 Å². The largest absolute Gasteiger partial charge is 0.479 e. The number of carbonyl (C=O) groups is 1. The number of hydrogen-bond donors (Lipinski definition) is 2. The lowest BCUT2D eigenvalue weighted by Crippen LogP contribution is -2.35. The molecule has 3 nitrogen and oxygen atoms in total. The van der Waals surface area contributed by atoms with Crippen molar-refractivity contribution in [2.75, 3.05) is 0 Å². The molecule has 0 aliphatic heterocycles. The fraction of sp³-hybridized carbons (Fsp3) is 0.500. The highest BCUT2D eigenvalue weighted by atomic mass is 16.4. The normalized spacial score (nSPS) is 15.4. The van der Waals surface area contributed by atoms with Crippen molar-refractivity contribution in [2.45, 2.75) is 45.1 Å². The van der Waals surface area contributed by atoms with Gasteiger partial charge in [0.15, 0.2) is 5.60 Å². The quantitative estimate of drug-likeness (QED) is 0.848. The Labute approximate surface area is 102 Å². The minimum absolute atomic E-state index is 0.0663. The number of hydrogen-bond acceptors (Lipinski definition) is 2. The number of benzene rings is 1. The minimum atomic E-state index is -1.79. The molecule has 3 heteroatoms. The van der Waals surface area contributed by atoms with Gasteiger partial charge in [-0.05, 0) is 23.0 Å². The first kappa shape index (κ1) is 13.7. The molecule has 0 fully saturated rings. The van der Waals surface area contributed by atoms with Gasteiger partial charge in [-0.15, -0.1) is 0 Å². The van der Waals surface area contributed by atoms with Crippen LogP contribution >= 0.6 is 0 Å². The lowest BCUT2D eigenvalue weighted by Gasteiger charge is -2.25. The Hall–Kier alpha value is -1.35. The van der Waals surface area contributed by atoms with Crippen LogP contribution in [0, 0.1) is 0 Å². The average Bonchev–Trinajstić information content (AvgIpc) is 2.26. The predicted octanol–water partition coefficient (Wildman–Crippen LogP) is 2.67. The zero-order chi connectivity index (χ0) is 13.3. The third-order valence-corrected chi connectivity index (χ3v) is 3.07. The summed E-state index contributed by atoms with van der Waals surface area (Å²) in [6.07, 6.45) is 0.149. The van der Waals surface area contributed by atoms with Gasteiger partial charge in [-0.3, -0.25) is 0 Å². The van der Waals surface area contributed by atoms with Crippen molar-refractivity contribution in [3.8, 4) is 0 Å². The molecule has 1 rings (SSSR count). The monoisotopic (exact) mass is 236 g/mol. The molecule has 0 saturated carbocycles. The van der Waals surface area contributed by atoms with Crippen molar-refractivity contribution in [1.29, 1.82) is 0 Å². The Morgan fingerprint density at radius 2 is 1.76 bits per heavy atom. The van der Waals surface area contributed by atoms with E-state index in [9.17, 15) is 9.90 Å².